The van der Waals surface area contributed by atoms with Crippen LogP contribution in [0.1, 0.15) is 38.4 Å². The summed E-state index contributed by atoms with van der Waals surface area (Å²) in [6, 6.07) is 5.43. The normalized spacial score (nSPS) is 25.8. The van der Waals surface area contributed by atoms with E-state index in [4.69, 9.17) is 16.3 Å². The lowest BCUT2D eigenvalue weighted by Gasteiger charge is -2.33. The minimum atomic E-state index is -0.457. The molecule has 1 heterocycles. The molecule has 0 saturated heterocycles. The van der Waals surface area contributed by atoms with Crippen LogP contribution in [0.4, 0.5) is 0 Å². The van der Waals surface area contributed by atoms with Crippen molar-refractivity contribution in [3.8, 4) is 5.75 Å². The van der Waals surface area contributed by atoms with Crippen LogP contribution in [0.5, 0.6) is 5.75 Å². The fourth-order valence-corrected chi connectivity index (χ4v) is 2.24. The lowest BCUT2D eigenvalue weighted by atomic mass is 9.91. The summed E-state index contributed by atoms with van der Waals surface area (Å²) in [5, 5.41) is 10.7. The molecule has 0 bridgehead atoms. The Labute approximate surface area is 101 Å². The molecule has 0 radical (unpaired) electrons. The minimum absolute atomic E-state index is 0.105. The van der Waals surface area contributed by atoms with E-state index in [1.165, 1.54) is 0 Å². The first kappa shape index (κ1) is 11.7. The predicted octanol–water partition coefficient (Wildman–Crippen LogP) is 3.57. The van der Waals surface area contributed by atoms with Crippen molar-refractivity contribution in [2.45, 2.75) is 38.9 Å². The summed E-state index contributed by atoms with van der Waals surface area (Å²) in [5.74, 6) is 1.23. The molecule has 88 valence electrons. The van der Waals surface area contributed by atoms with E-state index in [2.05, 4.69) is 13.8 Å². The van der Waals surface area contributed by atoms with Crippen LogP contribution in [0.25, 0.3) is 0 Å². The van der Waals surface area contributed by atoms with Crippen LogP contribution in [0.3, 0.4) is 0 Å². The number of benzene rings is 1. The second kappa shape index (κ2) is 4.64. The summed E-state index contributed by atoms with van der Waals surface area (Å²) in [7, 11) is 0. The molecule has 0 aliphatic carbocycles. The molecular weight excluding hydrogens is 224 g/mol. The Kier molecular flexibility index (Phi) is 3.41. The van der Waals surface area contributed by atoms with Crippen LogP contribution in [0, 0.1) is 5.92 Å². The number of fused-ring (bicyclic) bond motifs is 1. The Morgan fingerprint density at radius 3 is 3.00 bits per heavy atom. The summed E-state index contributed by atoms with van der Waals surface area (Å²) >= 11 is 5.90. The third-order valence-electron chi connectivity index (χ3n) is 3.34. The van der Waals surface area contributed by atoms with E-state index in [1.54, 1.807) is 12.1 Å². The van der Waals surface area contributed by atoms with Gasteiger partial charge in [0.1, 0.15) is 11.9 Å². The molecule has 0 spiro atoms. The van der Waals surface area contributed by atoms with Crippen molar-refractivity contribution in [2.24, 2.45) is 5.92 Å². The second-order valence-electron chi connectivity index (χ2n) is 4.48. The molecule has 2 unspecified atom stereocenters. The Balaban J connectivity index is 2.26. The van der Waals surface area contributed by atoms with Gasteiger partial charge in [-0.25, -0.2) is 0 Å². The number of rotatable bonds is 2. The monoisotopic (exact) mass is 240 g/mol. The van der Waals surface area contributed by atoms with Crippen molar-refractivity contribution in [2.75, 3.05) is 0 Å². The lowest BCUT2D eigenvalue weighted by Crippen LogP contribution is -2.31. The molecule has 1 aliphatic rings. The van der Waals surface area contributed by atoms with Gasteiger partial charge in [0.05, 0.1) is 6.10 Å². The molecule has 1 aromatic rings. The summed E-state index contributed by atoms with van der Waals surface area (Å²) < 4.78 is 5.89. The van der Waals surface area contributed by atoms with Gasteiger partial charge in [-0.1, -0.05) is 31.9 Å². The molecule has 3 heteroatoms. The van der Waals surface area contributed by atoms with Gasteiger partial charge in [-0.05, 0) is 24.1 Å². The average molecular weight is 241 g/mol. The van der Waals surface area contributed by atoms with Gasteiger partial charge in [-0.3, -0.25) is 0 Å². The number of ether oxygens (including phenoxy) is 1. The van der Waals surface area contributed by atoms with Crippen molar-refractivity contribution in [1.29, 1.82) is 0 Å². The molecule has 0 saturated carbocycles. The van der Waals surface area contributed by atoms with E-state index < -0.39 is 6.10 Å². The number of halogens is 1. The average Bonchev–Trinajstić information content (AvgIpc) is 2.28. The molecular formula is C13H17ClO2. The summed E-state index contributed by atoms with van der Waals surface area (Å²) in [4.78, 5) is 0. The van der Waals surface area contributed by atoms with Crippen LogP contribution >= 0.6 is 11.6 Å². The van der Waals surface area contributed by atoms with Crippen LogP contribution < -0.4 is 4.74 Å². The molecule has 1 aromatic carbocycles. The fourth-order valence-electron chi connectivity index (χ4n) is 2.06. The van der Waals surface area contributed by atoms with E-state index in [0.29, 0.717) is 17.4 Å². The second-order valence-corrected chi connectivity index (χ2v) is 4.91. The van der Waals surface area contributed by atoms with E-state index in [9.17, 15) is 5.11 Å². The van der Waals surface area contributed by atoms with Crippen molar-refractivity contribution < 1.29 is 9.84 Å². The van der Waals surface area contributed by atoms with Crippen LogP contribution in [-0.2, 0) is 0 Å². The Morgan fingerprint density at radius 2 is 2.31 bits per heavy atom. The highest BCUT2D eigenvalue weighted by Crippen LogP contribution is 2.38. The predicted molar refractivity (Wildman–Crippen MR) is 64.9 cm³/mol. The van der Waals surface area contributed by atoms with Gasteiger partial charge in [0, 0.05) is 17.0 Å². The van der Waals surface area contributed by atoms with E-state index in [0.717, 1.165) is 17.7 Å². The van der Waals surface area contributed by atoms with Gasteiger partial charge in [-0.2, -0.15) is 0 Å². The number of aliphatic hydroxyl groups excluding tert-OH is 1. The number of aliphatic hydroxyl groups is 1. The summed E-state index contributed by atoms with van der Waals surface area (Å²) in [6.07, 6.45) is 1.36. The zero-order valence-corrected chi connectivity index (χ0v) is 10.4. The summed E-state index contributed by atoms with van der Waals surface area (Å²) in [5.41, 5.74) is 0.812. The zero-order valence-electron chi connectivity index (χ0n) is 9.61. The third-order valence-corrected chi connectivity index (χ3v) is 3.58. The van der Waals surface area contributed by atoms with Crippen molar-refractivity contribution >= 4 is 11.6 Å². The molecule has 1 N–H and O–H groups in total. The molecule has 16 heavy (non-hydrogen) atoms. The Hall–Kier alpha value is -0.730. The van der Waals surface area contributed by atoms with Crippen LogP contribution in [0.15, 0.2) is 18.2 Å². The van der Waals surface area contributed by atoms with Gasteiger partial charge >= 0.3 is 0 Å². The summed E-state index contributed by atoms with van der Waals surface area (Å²) in [6.45, 7) is 4.29. The van der Waals surface area contributed by atoms with Crippen LogP contribution in [0.2, 0.25) is 5.02 Å². The maximum atomic E-state index is 10.1. The fraction of sp³-hybridized carbons (Fsp3) is 0.538. The first-order chi connectivity index (χ1) is 7.61. The van der Waals surface area contributed by atoms with Crippen LogP contribution in [-0.4, -0.2) is 11.2 Å². The third kappa shape index (κ3) is 2.18. The molecule has 0 amide bonds. The van der Waals surface area contributed by atoms with Crippen molar-refractivity contribution in [3.05, 3.63) is 28.8 Å². The van der Waals surface area contributed by atoms with Gasteiger partial charge < -0.3 is 9.84 Å². The number of hydrogen-bond acceptors (Lipinski definition) is 2. The standard InChI is InChI=1S/C13H17ClO2/c1-3-8(2)13-7-11(15)10-6-9(14)4-5-12(10)16-13/h4-6,8,11,13,15H,3,7H2,1-2H3/t8?,11-,13?/m0/s1. The zero-order chi connectivity index (χ0) is 11.7. The largest absolute Gasteiger partial charge is 0.490 e. The molecule has 0 aromatic heterocycles. The van der Waals surface area contributed by atoms with E-state index in [1.807, 2.05) is 6.07 Å². The van der Waals surface area contributed by atoms with Gasteiger partial charge in [0.25, 0.3) is 0 Å². The molecule has 2 nitrogen and oxygen atoms in total. The highest BCUT2D eigenvalue weighted by molar-refractivity contribution is 6.30. The SMILES string of the molecule is CCC(C)C1C[C@H](O)c2cc(Cl)ccc2O1. The minimum Gasteiger partial charge on any atom is -0.490 e. The maximum Gasteiger partial charge on any atom is 0.125 e. The Morgan fingerprint density at radius 1 is 1.56 bits per heavy atom. The van der Waals surface area contributed by atoms with Crippen molar-refractivity contribution in [1.82, 2.24) is 0 Å². The Bertz CT molecular complexity index is 378. The molecule has 0 fully saturated rings. The maximum absolute atomic E-state index is 10.1. The van der Waals surface area contributed by atoms with Gasteiger partial charge in [-0.15, -0.1) is 0 Å². The molecule has 1 aliphatic heterocycles. The number of hydrogen-bond donors (Lipinski definition) is 1. The highest BCUT2D eigenvalue weighted by Gasteiger charge is 2.29. The topological polar surface area (TPSA) is 29.5 Å². The quantitative estimate of drug-likeness (QED) is 0.857. The van der Waals surface area contributed by atoms with E-state index >= 15 is 0 Å². The molecule has 3 atom stereocenters. The highest BCUT2D eigenvalue weighted by atomic mass is 35.5. The van der Waals surface area contributed by atoms with Gasteiger partial charge in [0.15, 0.2) is 0 Å². The van der Waals surface area contributed by atoms with Crippen molar-refractivity contribution in [3.63, 3.8) is 0 Å². The smallest absolute Gasteiger partial charge is 0.125 e. The first-order valence-corrected chi connectivity index (χ1v) is 6.13. The molecule has 2 rings (SSSR count). The lowest BCUT2D eigenvalue weighted by molar-refractivity contribution is 0.0375. The van der Waals surface area contributed by atoms with Gasteiger partial charge in [0.2, 0.25) is 0 Å². The van der Waals surface area contributed by atoms with E-state index in [-0.39, 0.29) is 6.10 Å². The first-order valence-electron chi connectivity index (χ1n) is 5.76.